The quantitative estimate of drug-likeness (QED) is 0.784. The Balaban J connectivity index is 1.72. The molecule has 118 valence electrons. The van der Waals surface area contributed by atoms with Crippen molar-refractivity contribution >= 4 is 22.0 Å². The maximum atomic E-state index is 12.3. The Hall–Kier alpha value is -2.18. The third-order valence-electron chi connectivity index (χ3n) is 4.19. The third-order valence-corrected chi connectivity index (χ3v) is 5.13. The van der Waals surface area contributed by atoms with Crippen LogP contribution in [-0.4, -0.2) is 22.5 Å². The second-order valence-electron chi connectivity index (χ2n) is 5.81. The molecule has 5 nitrogen and oxygen atoms in total. The fourth-order valence-electron chi connectivity index (χ4n) is 3.07. The van der Waals surface area contributed by atoms with Gasteiger partial charge in [0.1, 0.15) is 0 Å². The van der Waals surface area contributed by atoms with Gasteiger partial charge < -0.3 is 10.2 Å². The number of hydrogen-bond acceptors (Lipinski definition) is 5. The van der Waals surface area contributed by atoms with Gasteiger partial charge in [0, 0.05) is 42.5 Å². The van der Waals surface area contributed by atoms with Gasteiger partial charge in [0.15, 0.2) is 4.96 Å². The molecule has 0 aliphatic carbocycles. The highest BCUT2D eigenvalue weighted by Crippen LogP contribution is 2.23. The first-order valence-corrected chi connectivity index (χ1v) is 8.61. The third kappa shape index (κ3) is 2.64. The molecule has 0 fully saturated rings. The molecule has 0 amide bonds. The van der Waals surface area contributed by atoms with Gasteiger partial charge in [-0.15, -0.1) is 11.3 Å². The number of hydrogen-bond donors (Lipinski definition) is 1. The largest absolute Gasteiger partial charge is 0.364 e. The van der Waals surface area contributed by atoms with Crippen LogP contribution in [0.5, 0.6) is 0 Å². The average molecular weight is 326 g/mol. The predicted molar refractivity (Wildman–Crippen MR) is 93.3 cm³/mol. The first-order chi connectivity index (χ1) is 11.2. The highest BCUT2D eigenvalue weighted by Gasteiger charge is 2.16. The van der Waals surface area contributed by atoms with Crippen molar-refractivity contribution in [2.75, 3.05) is 18.0 Å². The van der Waals surface area contributed by atoms with Crippen molar-refractivity contribution in [1.29, 1.82) is 0 Å². The van der Waals surface area contributed by atoms with Crippen molar-refractivity contribution in [3.8, 4) is 0 Å². The summed E-state index contributed by atoms with van der Waals surface area (Å²) in [5.74, 6) is 0. The molecule has 1 aliphatic rings. The van der Waals surface area contributed by atoms with Gasteiger partial charge in [0.05, 0.1) is 12.2 Å². The van der Waals surface area contributed by atoms with Crippen LogP contribution in [0.3, 0.4) is 0 Å². The lowest BCUT2D eigenvalue weighted by Crippen LogP contribution is -2.29. The summed E-state index contributed by atoms with van der Waals surface area (Å²) in [4.78, 5) is 20.1. The van der Waals surface area contributed by atoms with Crippen molar-refractivity contribution in [3.63, 3.8) is 0 Å². The lowest BCUT2D eigenvalue weighted by molar-refractivity contribution is 0.684. The number of anilines is 1. The Labute approximate surface area is 138 Å². The first-order valence-electron chi connectivity index (χ1n) is 7.73. The van der Waals surface area contributed by atoms with E-state index in [1.54, 1.807) is 10.5 Å². The van der Waals surface area contributed by atoms with E-state index in [9.17, 15) is 4.79 Å². The summed E-state index contributed by atoms with van der Waals surface area (Å²) in [6, 6.07) is 10.1. The normalized spacial score (nSPS) is 14.7. The molecule has 4 rings (SSSR count). The molecule has 0 saturated carbocycles. The molecule has 23 heavy (non-hydrogen) atoms. The summed E-state index contributed by atoms with van der Waals surface area (Å²) in [6.45, 7) is 5.30. The topological polar surface area (TPSA) is 49.6 Å². The summed E-state index contributed by atoms with van der Waals surface area (Å²) in [5.41, 5.74) is 4.29. The van der Waals surface area contributed by atoms with Gasteiger partial charge in [-0.3, -0.25) is 9.20 Å². The number of benzene rings is 1. The van der Waals surface area contributed by atoms with Crippen LogP contribution in [0, 0.1) is 6.92 Å². The van der Waals surface area contributed by atoms with Crippen LogP contribution in [0.2, 0.25) is 0 Å². The highest BCUT2D eigenvalue weighted by atomic mass is 32.1. The van der Waals surface area contributed by atoms with E-state index in [2.05, 4.69) is 39.5 Å². The molecule has 0 bridgehead atoms. The van der Waals surface area contributed by atoms with Gasteiger partial charge in [-0.25, -0.2) is 4.98 Å². The van der Waals surface area contributed by atoms with Crippen LogP contribution in [0.4, 0.5) is 5.69 Å². The van der Waals surface area contributed by atoms with Crippen molar-refractivity contribution in [3.05, 3.63) is 63.0 Å². The Kier molecular flexibility index (Phi) is 3.63. The second-order valence-corrected chi connectivity index (χ2v) is 6.64. The SMILES string of the molecule is Cc1csc2nc(CN3CCNCc4ccccc43)cc(=O)n12. The second kappa shape index (κ2) is 5.79. The smallest absolute Gasteiger partial charge is 0.259 e. The monoisotopic (exact) mass is 326 g/mol. The number of nitrogens with zero attached hydrogens (tertiary/aromatic N) is 3. The zero-order chi connectivity index (χ0) is 15.8. The highest BCUT2D eigenvalue weighted by molar-refractivity contribution is 7.15. The van der Waals surface area contributed by atoms with E-state index >= 15 is 0 Å². The number of aromatic nitrogens is 2. The molecule has 0 spiro atoms. The Morgan fingerprint density at radius 3 is 3.13 bits per heavy atom. The Bertz CT molecular complexity index is 914. The van der Waals surface area contributed by atoms with Crippen LogP contribution in [-0.2, 0) is 13.1 Å². The fraction of sp³-hybridized carbons (Fsp3) is 0.294. The van der Waals surface area contributed by atoms with Crippen LogP contribution in [0.1, 0.15) is 17.0 Å². The van der Waals surface area contributed by atoms with Crippen LogP contribution >= 0.6 is 11.3 Å². The lowest BCUT2D eigenvalue weighted by Gasteiger charge is -2.24. The van der Waals surface area contributed by atoms with E-state index in [4.69, 9.17) is 0 Å². The fourth-order valence-corrected chi connectivity index (χ4v) is 3.96. The minimum atomic E-state index is 0.00461. The molecular formula is C17H18N4OS. The molecule has 1 aliphatic heterocycles. The minimum Gasteiger partial charge on any atom is -0.364 e. The van der Waals surface area contributed by atoms with Gasteiger partial charge in [0.25, 0.3) is 5.56 Å². The standard InChI is InChI=1S/C17H18N4OS/c1-12-11-23-17-19-14(8-16(22)21(12)17)10-20-7-6-18-9-13-4-2-3-5-15(13)20/h2-5,8,11,18H,6-7,9-10H2,1H3. The maximum Gasteiger partial charge on any atom is 0.259 e. The number of nitrogens with one attached hydrogen (secondary N) is 1. The number of para-hydroxylation sites is 1. The maximum absolute atomic E-state index is 12.3. The van der Waals surface area contributed by atoms with Gasteiger partial charge in [-0.05, 0) is 18.6 Å². The molecule has 6 heteroatoms. The van der Waals surface area contributed by atoms with E-state index in [0.717, 1.165) is 36.0 Å². The summed E-state index contributed by atoms with van der Waals surface area (Å²) in [6.07, 6.45) is 0. The molecule has 0 radical (unpaired) electrons. The van der Waals surface area contributed by atoms with Crippen LogP contribution < -0.4 is 15.8 Å². The molecule has 1 aromatic carbocycles. The van der Waals surface area contributed by atoms with Gasteiger partial charge in [0.2, 0.25) is 0 Å². The zero-order valence-electron chi connectivity index (χ0n) is 13.0. The van der Waals surface area contributed by atoms with Crippen molar-refractivity contribution in [2.24, 2.45) is 0 Å². The number of aryl methyl sites for hydroxylation is 1. The number of rotatable bonds is 2. The summed E-state index contributed by atoms with van der Waals surface area (Å²) in [5, 5.41) is 5.41. The summed E-state index contributed by atoms with van der Waals surface area (Å²) >= 11 is 1.52. The van der Waals surface area contributed by atoms with Gasteiger partial charge in [-0.1, -0.05) is 18.2 Å². The van der Waals surface area contributed by atoms with E-state index in [-0.39, 0.29) is 5.56 Å². The molecule has 0 saturated heterocycles. The lowest BCUT2D eigenvalue weighted by atomic mass is 10.1. The van der Waals surface area contributed by atoms with Crippen molar-refractivity contribution in [2.45, 2.75) is 20.0 Å². The molecule has 0 unspecified atom stereocenters. The summed E-state index contributed by atoms with van der Waals surface area (Å²) < 4.78 is 1.67. The summed E-state index contributed by atoms with van der Waals surface area (Å²) in [7, 11) is 0. The van der Waals surface area contributed by atoms with E-state index in [1.165, 1.54) is 22.6 Å². The first kappa shape index (κ1) is 14.4. The number of fused-ring (bicyclic) bond motifs is 2. The van der Waals surface area contributed by atoms with Gasteiger partial charge >= 0.3 is 0 Å². The predicted octanol–water partition coefficient (Wildman–Crippen LogP) is 2.17. The number of thiazole rings is 1. The zero-order valence-corrected chi connectivity index (χ0v) is 13.8. The Morgan fingerprint density at radius 1 is 1.35 bits per heavy atom. The van der Waals surface area contributed by atoms with Crippen molar-refractivity contribution < 1.29 is 0 Å². The van der Waals surface area contributed by atoms with Crippen LogP contribution in [0.25, 0.3) is 4.96 Å². The van der Waals surface area contributed by atoms with Crippen LogP contribution in [0.15, 0.2) is 40.5 Å². The molecule has 3 heterocycles. The van der Waals surface area contributed by atoms with Gasteiger partial charge in [-0.2, -0.15) is 0 Å². The molecular weight excluding hydrogens is 308 g/mol. The molecule has 2 aromatic heterocycles. The average Bonchev–Trinajstić information content (AvgIpc) is 2.80. The van der Waals surface area contributed by atoms with E-state index in [1.807, 2.05) is 12.3 Å². The molecule has 0 atom stereocenters. The van der Waals surface area contributed by atoms with Crippen molar-refractivity contribution in [1.82, 2.24) is 14.7 Å². The Morgan fingerprint density at radius 2 is 2.22 bits per heavy atom. The minimum absolute atomic E-state index is 0.00461. The van der Waals surface area contributed by atoms with E-state index in [0.29, 0.717) is 6.54 Å². The van der Waals surface area contributed by atoms with E-state index < -0.39 is 0 Å². The molecule has 3 aromatic rings. The molecule has 1 N–H and O–H groups in total.